The predicted octanol–water partition coefficient (Wildman–Crippen LogP) is 1.97. The van der Waals surface area contributed by atoms with Crippen LogP contribution in [0.4, 0.5) is 11.4 Å². The SMILES string of the molecule is CCC(C)(CN)C(=O)Nc1ccc(NC(C)=O)c(OC)c1. The molecule has 6 nitrogen and oxygen atoms in total. The van der Waals surface area contributed by atoms with Crippen LogP contribution in [-0.4, -0.2) is 25.5 Å². The van der Waals surface area contributed by atoms with Crippen LogP contribution >= 0.6 is 0 Å². The molecule has 116 valence electrons. The number of nitrogens with one attached hydrogen (secondary N) is 2. The molecule has 0 aliphatic rings. The Kier molecular flexibility index (Phi) is 5.72. The first kappa shape index (κ1) is 17.0. The molecule has 0 bridgehead atoms. The summed E-state index contributed by atoms with van der Waals surface area (Å²) in [5, 5.41) is 5.49. The smallest absolute Gasteiger partial charge is 0.231 e. The van der Waals surface area contributed by atoms with E-state index in [1.54, 1.807) is 18.2 Å². The number of carbonyl (C=O) groups is 2. The van der Waals surface area contributed by atoms with Gasteiger partial charge in [-0.2, -0.15) is 0 Å². The first-order chi connectivity index (χ1) is 9.86. The Bertz CT molecular complexity index is 525. The van der Waals surface area contributed by atoms with Gasteiger partial charge in [-0.15, -0.1) is 0 Å². The van der Waals surface area contributed by atoms with Gasteiger partial charge in [-0.3, -0.25) is 9.59 Å². The largest absolute Gasteiger partial charge is 0.494 e. The molecule has 1 rings (SSSR count). The fourth-order valence-electron chi connectivity index (χ4n) is 1.74. The average Bonchev–Trinajstić information content (AvgIpc) is 2.47. The molecule has 0 aromatic heterocycles. The number of methoxy groups -OCH3 is 1. The Morgan fingerprint density at radius 1 is 1.33 bits per heavy atom. The van der Waals surface area contributed by atoms with Gasteiger partial charge in [-0.1, -0.05) is 6.92 Å². The van der Waals surface area contributed by atoms with Gasteiger partial charge >= 0.3 is 0 Å². The zero-order chi connectivity index (χ0) is 16.0. The molecule has 21 heavy (non-hydrogen) atoms. The summed E-state index contributed by atoms with van der Waals surface area (Å²) >= 11 is 0. The lowest BCUT2D eigenvalue weighted by atomic mass is 9.86. The van der Waals surface area contributed by atoms with Crippen LogP contribution in [0.2, 0.25) is 0 Å². The molecule has 1 aromatic carbocycles. The van der Waals surface area contributed by atoms with Crippen molar-refractivity contribution in [2.24, 2.45) is 11.1 Å². The summed E-state index contributed by atoms with van der Waals surface area (Å²) in [6.07, 6.45) is 0.649. The van der Waals surface area contributed by atoms with E-state index in [0.29, 0.717) is 23.5 Å². The van der Waals surface area contributed by atoms with Crippen molar-refractivity contribution in [2.75, 3.05) is 24.3 Å². The van der Waals surface area contributed by atoms with E-state index in [4.69, 9.17) is 10.5 Å². The van der Waals surface area contributed by atoms with Crippen LogP contribution in [0.5, 0.6) is 5.75 Å². The fraction of sp³-hybridized carbons (Fsp3) is 0.467. The molecule has 0 fully saturated rings. The Labute approximate surface area is 125 Å². The second-order valence-electron chi connectivity index (χ2n) is 5.17. The van der Waals surface area contributed by atoms with Gasteiger partial charge in [0, 0.05) is 25.2 Å². The topological polar surface area (TPSA) is 93.5 Å². The first-order valence-electron chi connectivity index (χ1n) is 6.83. The minimum absolute atomic E-state index is 0.137. The molecule has 1 atom stereocenters. The Balaban J connectivity index is 2.95. The van der Waals surface area contributed by atoms with Crippen molar-refractivity contribution < 1.29 is 14.3 Å². The normalized spacial score (nSPS) is 13.2. The molecule has 4 N–H and O–H groups in total. The van der Waals surface area contributed by atoms with E-state index in [1.165, 1.54) is 14.0 Å². The highest BCUT2D eigenvalue weighted by atomic mass is 16.5. The molecule has 1 aromatic rings. The number of hydrogen-bond donors (Lipinski definition) is 3. The van der Waals surface area contributed by atoms with E-state index >= 15 is 0 Å². The minimum Gasteiger partial charge on any atom is -0.494 e. The van der Waals surface area contributed by atoms with Crippen molar-refractivity contribution in [3.8, 4) is 5.75 Å². The van der Waals surface area contributed by atoms with E-state index in [2.05, 4.69) is 10.6 Å². The van der Waals surface area contributed by atoms with E-state index < -0.39 is 5.41 Å². The van der Waals surface area contributed by atoms with Crippen molar-refractivity contribution >= 4 is 23.2 Å². The van der Waals surface area contributed by atoms with Crippen LogP contribution in [-0.2, 0) is 9.59 Å². The highest BCUT2D eigenvalue weighted by Gasteiger charge is 2.29. The van der Waals surface area contributed by atoms with E-state index in [9.17, 15) is 9.59 Å². The summed E-state index contributed by atoms with van der Waals surface area (Å²) in [7, 11) is 1.50. The number of rotatable bonds is 6. The van der Waals surface area contributed by atoms with Crippen LogP contribution in [0.3, 0.4) is 0 Å². The summed E-state index contributed by atoms with van der Waals surface area (Å²) in [6, 6.07) is 5.05. The van der Waals surface area contributed by atoms with Gasteiger partial charge in [0.15, 0.2) is 0 Å². The fourth-order valence-corrected chi connectivity index (χ4v) is 1.74. The van der Waals surface area contributed by atoms with Gasteiger partial charge in [0.05, 0.1) is 18.2 Å². The Hall–Kier alpha value is -2.08. The maximum Gasteiger partial charge on any atom is 0.231 e. The van der Waals surface area contributed by atoms with E-state index in [1.807, 2.05) is 13.8 Å². The first-order valence-corrected chi connectivity index (χ1v) is 6.83. The number of anilines is 2. The third-order valence-corrected chi connectivity index (χ3v) is 3.55. The number of nitrogens with two attached hydrogens (primary N) is 1. The van der Waals surface area contributed by atoms with Crippen LogP contribution in [0, 0.1) is 5.41 Å². The Morgan fingerprint density at radius 2 is 2.00 bits per heavy atom. The molecule has 1 unspecified atom stereocenters. The molecule has 0 saturated heterocycles. The zero-order valence-corrected chi connectivity index (χ0v) is 12.9. The highest BCUT2D eigenvalue weighted by molar-refractivity contribution is 5.96. The Morgan fingerprint density at radius 3 is 2.48 bits per heavy atom. The summed E-state index contributed by atoms with van der Waals surface area (Å²) in [5.74, 6) is 0.155. The highest BCUT2D eigenvalue weighted by Crippen LogP contribution is 2.29. The van der Waals surface area contributed by atoms with Crippen molar-refractivity contribution in [3.05, 3.63) is 18.2 Å². The van der Waals surface area contributed by atoms with Crippen molar-refractivity contribution in [3.63, 3.8) is 0 Å². The molecule has 0 aliphatic heterocycles. The van der Waals surface area contributed by atoms with Gasteiger partial charge in [-0.05, 0) is 25.5 Å². The maximum atomic E-state index is 12.3. The third-order valence-electron chi connectivity index (χ3n) is 3.55. The molecule has 2 amide bonds. The van der Waals surface area contributed by atoms with E-state index in [-0.39, 0.29) is 18.4 Å². The average molecular weight is 293 g/mol. The number of hydrogen-bond acceptors (Lipinski definition) is 4. The van der Waals surface area contributed by atoms with Crippen LogP contribution < -0.4 is 21.1 Å². The standard InChI is InChI=1S/C15H23N3O3/c1-5-15(3,9-16)14(20)18-11-6-7-12(17-10(2)19)13(8-11)21-4/h6-8H,5,9,16H2,1-4H3,(H,17,19)(H,18,20). The summed E-state index contributed by atoms with van der Waals surface area (Å²) in [5.41, 5.74) is 6.22. The van der Waals surface area contributed by atoms with Gasteiger partial charge in [0.2, 0.25) is 11.8 Å². The quantitative estimate of drug-likeness (QED) is 0.747. The number of amides is 2. The molecular formula is C15H23N3O3. The summed E-state index contributed by atoms with van der Waals surface area (Å²) in [6.45, 7) is 5.44. The van der Waals surface area contributed by atoms with E-state index in [0.717, 1.165) is 0 Å². The number of benzene rings is 1. The number of carbonyl (C=O) groups excluding carboxylic acids is 2. The van der Waals surface area contributed by atoms with Crippen LogP contribution in [0.25, 0.3) is 0 Å². The molecule has 0 saturated carbocycles. The second kappa shape index (κ2) is 7.08. The lowest BCUT2D eigenvalue weighted by Crippen LogP contribution is -2.39. The monoisotopic (exact) mass is 293 g/mol. The molecule has 0 radical (unpaired) electrons. The molecule has 0 spiro atoms. The maximum absolute atomic E-state index is 12.3. The van der Waals surface area contributed by atoms with Gasteiger partial charge in [0.1, 0.15) is 5.75 Å². The summed E-state index contributed by atoms with van der Waals surface area (Å²) < 4.78 is 5.22. The molecular weight excluding hydrogens is 270 g/mol. The summed E-state index contributed by atoms with van der Waals surface area (Å²) in [4.78, 5) is 23.4. The molecule has 0 aliphatic carbocycles. The van der Waals surface area contributed by atoms with Crippen molar-refractivity contribution in [1.29, 1.82) is 0 Å². The van der Waals surface area contributed by atoms with Crippen LogP contribution in [0.1, 0.15) is 27.2 Å². The molecule has 6 heteroatoms. The second-order valence-corrected chi connectivity index (χ2v) is 5.17. The van der Waals surface area contributed by atoms with Crippen LogP contribution in [0.15, 0.2) is 18.2 Å². The molecule has 0 heterocycles. The predicted molar refractivity (Wildman–Crippen MR) is 83.4 cm³/mol. The lowest BCUT2D eigenvalue weighted by molar-refractivity contribution is -0.124. The number of ether oxygens (including phenoxy) is 1. The van der Waals surface area contributed by atoms with Gasteiger partial charge < -0.3 is 21.1 Å². The third kappa shape index (κ3) is 4.19. The minimum atomic E-state index is -0.608. The van der Waals surface area contributed by atoms with Crippen molar-refractivity contribution in [2.45, 2.75) is 27.2 Å². The van der Waals surface area contributed by atoms with Crippen molar-refractivity contribution in [1.82, 2.24) is 0 Å². The van der Waals surface area contributed by atoms with Gasteiger partial charge in [0.25, 0.3) is 0 Å². The van der Waals surface area contributed by atoms with Gasteiger partial charge in [-0.25, -0.2) is 0 Å². The zero-order valence-electron chi connectivity index (χ0n) is 12.9. The lowest BCUT2D eigenvalue weighted by Gasteiger charge is -2.25.